The zero-order chi connectivity index (χ0) is 17.7. The van der Waals surface area contributed by atoms with E-state index in [2.05, 4.69) is 18.4 Å². The maximum Gasteiger partial charge on any atom is 0.131 e. The highest BCUT2D eigenvalue weighted by Gasteiger charge is 2.90. The minimum atomic E-state index is -0.547. The molecule has 10 unspecified atom stereocenters. The Hall–Kier alpha value is -0.420. The highest BCUT2D eigenvalue weighted by Crippen LogP contribution is 2.86. The molecule has 3 spiro atoms. The first-order valence-corrected chi connectivity index (χ1v) is 10.9. The van der Waals surface area contributed by atoms with Gasteiger partial charge in [-0.05, 0) is 60.8 Å². The SMILES string of the molecule is C=C1C2CC3C4(C(O)CC5C6(C)CCCC53C3(OCCN3C6)C4C2)C1O. The molecule has 8 aliphatic rings. The molecule has 6 saturated carbocycles. The lowest BCUT2D eigenvalue weighted by molar-refractivity contribution is -0.285. The summed E-state index contributed by atoms with van der Waals surface area (Å²) in [5.41, 5.74) is 0.791. The molecule has 2 saturated heterocycles. The zero-order valence-electron chi connectivity index (χ0n) is 15.8. The summed E-state index contributed by atoms with van der Waals surface area (Å²) < 4.78 is 6.84. The summed E-state index contributed by atoms with van der Waals surface area (Å²) in [6, 6.07) is 0. The van der Waals surface area contributed by atoms with Gasteiger partial charge in [-0.25, -0.2) is 0 Å². The molecular formula is C22H31NO3. The second-order valence-electron chi connectivity index (χ2n) is 11.1. The van der Waals surface area contributed by atoms with Gasteiger partial charge in [0.2, 0.25) is 0 Å². The van der Waals surface area contributed by atoms with Crippen LogP contribution in [-0.4, -0.2) is 52.7 Å². The van der Waals surface area contributed by atoms with E-state index in [1.54, 1.807) is 0 Å². The predicted molar refractivity (Wildman–Crippen MR) is 96.0 cm³/mol. The fourth-order valence-corrected chi connectivity index (χ4v) is 10.6. The molecule has 4 nitrogen and oxygen atoms in total. The number of fused-ring (bicyclic) bond motifs is 1. The standard InChI is InChI=1S/C22H31NO3/c1-12-13-8-15-20-5-3-4-19(2)11-23-6-7-26-22(20,23)16(9-13)21(15,18(12)25)17(24)10-14(19)20/h13-18,24-25H,1,3-11H2,2H3. The molecule has 0 aromatic rings. The smallest absolute Gasteiger partial charge is 0.131 e. The summed E-state index contributed by atoms with van der Waals surface area (Å²) in [5, 5.41) is 23.1. The Balaban J connectivity index is 1.58. The molecule has 142 valence electrons. The van der Waals surface area contributed by atoms with E-state index < -0.39 is 17.6 Å². The molecule has 8 rings (SSSR count). The first-order chi connectivity index (χ1) is 12.4. The van der Waals surface area contributed by atoms with E-state index in [-0.39, 0.29) is 22.5 Å². The summed E-state index contributed by atoms with van der Waals surface area (Å²) in [5.74, 6) is 1.62. The van der Waals surface area contributed by atoms with Crippen LogP contribution in [0.5, 0.6) is 0 Å². The normalized spacial score (nSPS) is 67.6. The first kappa shape index (κ1) is 15.5. The van der Waals surface area contributed by atoms with Crippen molar-refractivity contribution in [3.63, 3.8) is 0 Å². The van der Waals surface area contributed by atoms with Gasteiger partial charge in [-0.3, -0.25) is 4.90 Å². The van der Waals surface area contributed by atoms with E-state index >= 15 is 0 Å². The number of aliphatic hydroxyl groups is 2. The molecule has 4 heteroatoms. The minimum absolute atomic E-state index is 0.134. The Morgan fingerprint density at radius 3 is 2.77 bits per heavy atom. The van der Waals surface area contributed by atoms with Crippen molar-refractivity contribution in [2.45, 2.75) is 63.4 Å². The van der Waals surface area contributed by atoms with Crippen molar-refractivity contribution < 1.29 is 14.9 Å². The third-order valence-corrected chi connectivity index (χ3v) is 10.9. The topological polar surface area (TPSA) is 52.9 Å². The van der Waals surface area contributed by atoms with Crippen LogP contribution >= 0.6 is 0 Å². The van der Waals surface area contributed by atoms with Crippen LogP contribution in [-0.2, 0) is 4.74 Å². The number of aliphatic hydroxyl groups excluding tert-OH is 2. The number of hydrogen-bond acceptors (Lipinski definition) is 4. The summed E-state index contributed by atoms with van der Waals surface area (Å²) in [7, 11) is 0. The molecule has 0 radical (unpaired) electrons. The maximum absolute atomic E-state index is 11.6. The van der Waals surface area contributed by atoms with Crippen molar-refractivity contribution in [2.75, 3.05) is 19.7 Å². The van der Waals surface area contributed by atoms with Crippen molar-refractivity contribution in [3.05, 3.63) is 12.2 Å². The molecule has 6 aliphatic carbocycles. The molecule has 2 aliphatic heterocycles. The van der Waals surface area contributed by atoms with Crippen LogP contribution in [0.2, 0.25) is 0 Å². The van der Waals surface area contributed by atoms with Crippen LogP contribution < -0.4 is 0 Å². The Bertz CT molecular complexity index is 739. The lowest BCUT2D eigenvalue weighted by Crippen LogP contribution is -2.72. The molecule has 8 fully saturated rings. The van der Waals surface area contributed by atoms with Gasteiger partial charge in [0.05, 0.1) is 18.8 Å². The van der Waals surface area contributed by atoms with E-state index in [1.165, 1.54) is 19.3 Å². The lowest BCUT2D eigenvalue weighted by atomic mass is 9.38. The van der Waals surface area contributed by atoms with Crippen LogP contribution in [0.1, 0.15) is 45.4 Å². The number of nitrogens with zero attached hydrogens (tertiary/aromatic N) is 1. The number of ether oxygens (including phenoxy) is 1. The van der Waals surface area contributed by atoms with Crippen molar-refractivity contribution >= 4 is 0 Å². The average molecular weight is 357 g/mol. The largest absolute Gasteiger partial charge is 0.392 e. The van der Waals surface area contributed by atoms with E-state index in [0.29, 0.717) is 17.8 Å². The van der Waals surface area contributed by atoms with Gasteiger partial charge >= 0.3 is 0 Å². The van der Waals surface area contributed by atoms with E-state index in [9.17, 15) is 10.2 Å². The second-order valence-corrected chi connectivity index (χ2v) is 11.1. The van der Waals surface area contributed by atoms with Gasteiger partial charge in [0.15, 0.2) is 0 Å². The van der Waals surface area contributed by atoms with Crippen molar-refractivity contribution in [1.82, 2.24) is 4.90 Å². The fraction of sp³-hybridized carbons (Fsp3) is 0.909. The molecule has 10 atom stereocenters. The summed E-state index contributed by atoms with van der Waals surface area (Å²) in [6.07, 6.45) is 5.87. The van der Waals surface area contributed by atoms with Crippen LogP contribution in [0.3, 0.4) is 0 Å². The Morgan fingerprint density at radius 1 is 1.12 bits per heavy atom. The fourth-order valence-electron chi connectivity index (χ4n) is 10.6. The van der Waals surface area contributed by atoms with Gasteiger partial charge in [-0.15, -0.1) is 0 Å². The molecule has 2 N–H and O–H groups in total. The third-order valence-electron chi connectivity index (χ3n) is 10.9. The predicted octanol–water partition coefficient (Wildman–Crippen LogP) is 2.16. The second kappa shape index (κ2) is 4.12. The maximum atomic E-state index is 11.6. The third kappa shape index (κ3) is 1.14. The molecule has 6 bridgehead atoms. The van der Waals surface area contributed by atoms with Crippen LogP contribution in [0.25, 0.3) is 0 Å². The quantitative estimate of drug-likeness (QED) is 0.653. The van der Waals surface area contributed by atoms with Crippen molar-refractivity contribution in [3.8, 4) is 0 Å². The van der Waals surface area contributed by atoms with Crippen molar-refractivity contribution in [1.29, 1.82) is 0 Å². The monoisotopic (exact) mass is 357 g/mol. The van der Waals surface area contributed by atoms with Crippen molar-refractivity contribution in [2.24, 2.45) is 39.9 Å². The average Bonchev–Trinajstić information content (AvgIpc) is 3.04. The van der Waals surface area contributed by atoms with Gasteiger partial charge in [0.25, 0.3) is 0 Å². The summed E-state index contributed by atoms with van der Waals surface area (Å²) in [6.45, 7) is 9.75. The first-order valence-electron chi connectivity index (χ1n) is 10.9. The lowest BCUT2D eigenvalue weighted by Gasteiger charge is -2.69. The number of piperidine rings is 1. The molecule has 0 aromatic heterocycles. The number of rotatable bonds is 0. The summed E-state index contributed by atoms with van der Waals surface area (Å²) >= 11 is 0. The highest BCUT2D eigenvalue weighted by molar-refractivity contribution is 5.41. The van der Waals surface area contributed by atoms with Gasteiger partial charge < -0.3 is 14.9 Å². The van der Waals surface area contributed by atoms with E-state index in [4.69, 9.17) is 4.74 Å². The zero-order valence-corrected chi connectivity index (χ0v) is 15.8. The molecule has 0 amide bonds. The summed E-state index contributed by atoms with van der Waals surface area (Å²) in [4.78, 5) is 2.70. The number of hydrogen-bond donors (Lipinski definition) is 2. The highest BCUT2D eigenvalue weighted by atomic mass is 16.5. The van der Waals surface area contributed by atoms with Crippen LogP contribution in [0.15, 0.2) is 12.2 Å². The van der Waals surface area contributed by atoms with E-state index in [1.807, 2.05) is 0 Å². The Labute approximate surface area is 155 Å². The van der Waals surface area contributed by atoms with Gasteiger partial charge in [-0.2, -0.15) is 0 Å². The Morgan fingerprint density at radius 2 is 1.92 bits per heavy atom. The van der Waals surface area contributed by atoms with Gasteiger partial charge in [0.1, 0.15) is 5.72 Å². The Kier molecular flexibility index (Phi) is 2.46. The molecular weight excluding hydrogens is 326 g/mol. The van der Waals surface area contributed by atoms with Crippen LogP contribution in [0.4, 0.5) is 0 Å². The minimum Gasteiger partial charge on any atom is -0.392 e. The molecule has 0 aromatic carbocycles. The van der Waals surface area contributed by atoms with Gasteiger partial charge in [-0.1, -0.05) is 19.9 Å². The van der Waals surface area contributed by atoms with Crippen LogP contribution in [0, 0.1) is 39.9 Å². The van der Waals surface area contributed by atoms with Gasteiger partial charge in [0, 0.05) is 29.8 Å². The van der Waals surface area contributed by atoms with E-state index in [0.717, 1.165) is 44.5 Å². The molecule has 2 heterocycles. The molecule has 26 heavy (non-hydrogen) atoms.